The van der Waals surface area contributed by atoms with Crippen LogP contribution in [0, 0.1) is 0 Å². The molecule has 1 saturated carbocycles. The summed E-state index contributed by atoms with van der Waals surface area (Å²) in [5.74, 6) is 0. The number of methoxy groups -OCH3 is 1. The second kappa shape index (κ2) is 6.46. The maximum absolute atomic E-state index is 10.0. The second-order valence-corrected chi connectivity index (χ2v) is 4.55. The summed E-state index contributed by atoms with van der Waals surface area (Å²) in [7, 11) is 1.74. The number of rotatable bonds is 5. The summed E-state index contributed by atoms with van der Waals surface area (Å²) in [6.07, 6.45) is 4.37. The van der Waals surface area contributed by atoms with Crippen molar-refractivity contribution >= 4 is 0 Å². The van der Waals surface area contributed by atoms with Crippen LogP contribution in [0.4, 0.5) is 0 Å². The Bertz CT molecular complexity index is 175. The van der Waals surface area contributed by atoms with E-state index in [9.17, 15) is 5.11 Å². The fraction of sp³-hybridized carbons (Fsp3) is 1.00. The van der Waals surface area contributed by atoms with E-state index in [1.165, 1.54) is 12.8 Å². The highest BCUT2D eigenvalue weighted by molar-refractivity contribution is 4.85. The molecule has 0 aromatic heterocycles. The quantitative estimate of drug-likeness (QED) is 0.757. The van der Waals surface area contributed by atoms with Crippen LogP contribution in [0.2, 0.25) is 0 Å². The molecule has 0 spiro atoms. The lowest BCUT2D eigenvalue weighted by Crippen LogP contribution is -2.50. The van der Waals surface area contributed by atoms with Gasteiger partial charge in [-0.25, -0.2) is 0 Å². The molecule has 90 valence electrons. The van der Waals surface area contributed by atoms with E-state index >= 15 is 0 Å². The second-order valence-electron chi connectivity index (χ2n) is 4.55. The highest BCUT2D eigenvalue weighted by atomic mass is 16.5. The van der Waals surface area contributed by atoms with Crippen molar-refractivity contribution in [2.75, 3.05) is 20.3 Å². The lowest BCUT2D eigenvalue weighted by Gasteiger charge is -2.40. The molecule has 1 N–H and O–H groups in total. The van der Waals surface area contributed by atoms with Crippen LogP contribution in [0.25, 0.3) is 0 Å². The van der Waals surface area contributed by atoms with Gasteiger partial charge in [0.25, 0.3) is 0 Å². The third-order valence-electron chi connectivity index (χ3n) is 3.46. The van der Waals surface area contributed by atoms with E-state index in [-0.39, 0.29) is 6.10 Å². The number of hydrogen-bond donors (Lipinski definition) is 1. The van der Waals surface area contributed by atoms with Crippen LogP contribution in [0.5, 0.6) is 0 Å². The smallest absolute Gasteiger partial charge is 0.0695 e. The number of ether oxygens (including phenoxy) is 1. The molecule has 15 heavy (non-hydrogen) atoms. The van der Waals surface area contributed by atoms with Crippen molar-refractivity contribution < 1.29 is 9.84 Å². The first-order chi connectivity index (χ1) is 7.20. The van der Waals surface area contributed by atoms with Crippen LogP contribution < -0.4 is 0 Å². The molecule has 0 heterocycles. The Balaban J connectivity index is 2.54. The van der Waals surface area contributed by atoms with Crippen molar-refractivity contribution in [3.63, 3.8) is 0 Å². The van der Waals surface area contributed by atoms with E-state index in [4.69, 9.17) is 4.74 Å². The van der Waals surface area contributed by atoms with Crippen molar-refractivity contribution in [1.29, 1.82) is 0 Å². The predicted molar refractivity (Wildman–Crippen MR) is 62.0 cm³/mol. The van der Waals surface area contributed by atoms with Crippen LogP contribution in [0.3, 0.4) is 0 Å². The molecule has 0 aromatic carbocycles. The summed E-state index contributed by atoms with van der Waals surface area (Å²) in [6.45, 7) is 6.07. The Labute approximate surface area is 93.4 Å². The Hall–Kier alpha value is -0.120. The monoisotopic (exact) mass is 215 g/mol. The minimum Gasteiger partial charge on any atom is -0.391 e. The Morgan fingerprint density at radius 2 is 2.07 bits per heavy atom. The first-order valence-electron chi connectivity index (χ1n) is 6.13. The van der Waals surface area contributed by atoms with Gasteiger partial charge in [-0.15, -0.1) is 0 Å². The van der Waals surface area contributed by atoms with Crippen LogP contribution in [0.15, 0.2) is 0 Å². The molecule has 1 aliphatic rings. The molecule has 0 radical (unpaired) electrons. The van der Waals surface area contributed by atoms with Gasteiger partial charge in [0.05, 0.1) is 12.7 Å². The maximum atomic E-state index is 10.0. The highest BCUT2D eigenvalue weighted by Gasteiger charge is 2.30. The van der Waals surface area contributed by atoms with Gasteiger partial charge in [-0.3, -0.25) is 4.90 Å². The summed E-state index contributed by atoms with van der Waals surface area (Å²) in [5.41, 5.74) is 0. The van der Waals surface area contributed by atoms with Crippen molar-refractivity contribution in [3.8, 4) is 0 Å². The summed E-state index contributed by atoms with van der Waals surface area (Å²) in [5, 5.41) is 10.0. The summed E-state index contributed by atoms with van der Waals surface area (Å²) in [4.78, 5) is 2.38. The average molecular weight is 215 g/mol. The molecule has 0 bridgehead atoms. The van der Waals surface area contributed by atoms with Crippen molar-refractivity contribution in [2.45, 2.75) is 57.7 Å². The first kappa shape index (κ1) is 12.9. The normalized spacial score (nSPS) is 29.4. The molecular weight excluding hydrogens is 190 g/mol. The van der Waals surface area contributed by atoms with Gasteiger partial charge in [0.15, 0.2) is 0 Å². The lowest BCUT2D eigenvalue weighted by atomic mass is 9.90. The van der Waals surface area contributed by atoms with Gasteiger partial charge in [0, 0.05) is 19.2 Å². The number of nitrogens with zero attached hydrogens (tertiary/aromatic N) is 1. The van der Waals surface area contributed by atoms with E-state index in [0.29, 0.717) is 12.1 Å². The molecule has 3 heteroatoms. The minimum absolute atomic E-state index is 0.141. The van der Waals surface area contributed by atoms with E-state index in [0.717, 1.165) is 26.0 Å². The molecule has 0 saturated heterocycles. The molecule has 3 unspecified atom stereocenters. The van der Waals surface area contributed by atoms with Crippen LogP contribution in [-0.2, 0) is 4.74 Å². The van der Waals surface area contributed by atoms with Gasteiger partial charge in [0.1, 0.15) is 0 Å². The maximum Gasteiger partial charge on any atom is 0.0695 e. The average Bonchev–Trinajstić information content (AvgIpc) is 2.22. The number of likely N-dealkylation sites (N-methyl/N-ethyl adjacent to an activating group) is 1. The van der Waals surface area contributed by atoms with Gasteiger partial charge in [-0.2, -0.15) is 0 Å². The van der Waals surface area contributed by atoms with Crippen molar-refractivity contribution in [3.05, 3.63) is 0 Å². The molecule has 1 aliphatic carbocycles. The molecule has 3 atom stereocenters. The van der Waals surface area contributed by atoms with Crippen molar-refractivity contribution in [2.24, 2.45) is 0 Å². The number of hydrogen-bond acceptors (Lipinski definition) is 3. The first-order valence-corrected chi connectivity index (χ1v) is 6.13. The highest BCUT2D eigenvalue weighted by Crippen LogP contribution is 2.24. The third kappa shape index (κ3) is 3.44. The van der Waals surface area contributed by atoms with E-state index in [1.54, 1.807) is 7.11 Å². The number of aliphatic hydroxyl groups excluding tert-OH is 1. The van der Waals surface area contributed by atoms with E-state index in [1.807, 2.05) is 0 Å². The zero-order valence-corrected chi connectivity index (χ0v) is 10.3. The fourth-order valence-corrected chi connectivity index (χ4v) is 2.69. The van der Waals surface area contributed by atoms with Gasteiger partial charge < -0.3 is 9.84 Å². The fourth-order valence-electron chi connectivity index (χ4n) is 2.69. The molecule has 1 rings (SSSR count). The SMILES string of the molecule is CCN(C(C)COC)C1CCCCC1O. The predicted octanol–water partition coefficient (Wildman–Crippen LogP) is 1.65. The van der Waals surface area contributed by atoms with E-state index < -0.39 is 0 Å². The third-order valence-corrected chi connectivity index (χ3v) is 3.46. The van der Waals surface area contributed by atoms with Crippen molar-refractivity contribution in [1.82, 2.24) is 4.90 Å². The molecule has 1 fully saturated rings. The Kier molecular flexibility index (Phi) is 5.58. The minimum atomic E-state index is -0.141. The topological polar surface area (TPSA) is 32.7 Å². The Morgan fingerprint density at radius 3 is 2.60 bits per heavy atom. The molecule has 3 nitrogen and oxygen atoms in total. The van der Waals surface area contributed by atoms with Gasteiger partial charge in [0.2, 0.25) is 0 Å². The van der Waals surface area contributed by atoms with Gasteiger partial charge >= 0.3 is 0 Å². The van der Waals surface area contributed by atoms with Crippen LogP contribution in [0.1, 0.15) is 39.5 Å². The zero-order chi connectivity index (χ0) is 11.3. The Morgan fingerprint density at radius 1 is 1.40 bits per heavy atom. The summed E-state index contributed by atoms with van der Waals surface area (Å²) in [6, 6.07) is 0.742. The summed E-state index contributed by atoms with van der Waals surface area (Å²) < 4.78 is 5.19. The summed E-state index contributed by atoms with van der Waals surface area (Å²) >= 11 is 0. The van der Waals surface area contributed by atoms with Crippen LogP contribution >= 0.6 is 0 Å². The van der Waals surface area contributed by atoms with Gasteiger partial charge in [-0.05, 0) is 26.3 Å². The largest absolute Gasteiger partial charge is 0.391 e. The molecule has 0 aliphatic heterocycles. The standard InChI is InChI=1S/C12H25NO2/c1-4-13(10(2)9-15-3)11-7-5-6-8-12(11)14/h10-12,14H,4-9H2,1-3H3. The zero-order valence-electron chi connectivity index (χ0n) is 10.3. The molecular formula is C12H25NO2. The van der Waals surface area contributed by atoms with Gasteiger partial charge in [-0.1, -0.05) is 19.8 Å². The number of aliphatic hydroxyl groups is 1. The van der Waals surface area contributed by atoms with Crippen LogP contribution in [-0.4, -0.2) is 48.5 Å². The molecule has 0 aromatic rings. The van der Waals surface area contributed by atoms with E-state index in [2.05, 4.69) is 18.7 Å². The lowest BCUT2D eigenvalue weighted by molar-refractivity contribution is -0.0127. The molecule has 0 amide bonds.